The van der Waals surface area contributed by atoms with Gasteiger partial charge in [-0.1, -0.05) is 304 Å². The zero-order chi connectivity index (χ0) is 61.2. The summed E-state index contributed by atoms with van der Waals surface area (Å²) in [4.78, 5) is 5.18. The van der Waals surface area contributed by atoms with Crippen LogP contribution in [0.3, 0.4) is 0 Å². The van der Waals surface area contributed by atoms with Gasteiger partial charge in [-0.05, 0) is 142 Å². The average Bonchev–Trinajstić information content (AvgIpc) is 0.703. The molecule has 3 heteroatoms. The Kier molecular flexibility index (Phi) is 13.9. The molecule has 2 aliphatic rings. The Labute approximate surface area is 519 Å². The lowest BCUT2D eigenvalue weighted by Crippen LogP contribution is -2.61. The molecule has 0 amide bonds. The van der Waals surface area contributed by atoms with E-state index in [1.165, 1.54) is 49.8 Å². The van der Waals surface area contributed by atoms with Gasteiger partial charge in [0.2, 0.25) is 0 Å². The quantitative estimate of drug-likeness (QED) is 0.106. The van der Waals surface area contributed by atoms with Crippen molar-refractivity contribution in [3.05, 3.63) is 295 Å². The van der Waals surface area contributed by atoms with Gasteiger partial charge in [0.1, 0.15) is 0 Å². The molecule has 422 valence electrons. The maximum atomic E-state index is 9.69. The minimum Gasteiger partial charge on any atom is -0.310 e. The summed E-state index contributed by atoms with van der Waals surface area (Å²) >= 11 is 0. The fraction of sp³-hybridized carbons (Fsp3) is 0.143. The van der Waals surface area contributed by atoms with Crippen LogP contribution in [-0.2, 0) is 0 Å². The molecule has 0 unspecified atom stereocenters. The summed E-state index contributed by atoms with van der Waals surface area (Å²) in [5, 5.41) is 0. The molecule has 2 heterocycles. The van der Waals surface area contributed by atoms with Crippen LogP contribution < -0.4 is 26.2 Å². The minimum absolute atomic E-state index is 0.238. The third-order valence-electron chi connectivity index (χ3n) is 18.2. The van der Waals surface area contributed by atoms with Crippen molar-refractivity contribution in [1.82, 2.24) is 0 Å². The number of fused-ring (bicyclic) bond motifs is 4. The molecule has 2 aliphatic heterocycles. The van der Waals surface area contributed by atoms with Crippen LogP contribution in [0, 0.1) is 0 Å². The largest absolute Gasteiger partial charge is 0.310 e. The van der Waals surface area contributed by atoms with Crippen LogP contribution >= 0.6 is 0 Å². The molecule has 0 atom stereocenters. The Morgan fingerprint density at radius 3 is 0.920 bits per heavy atom. The molecule has 0 bridgehead atoms. The number of benzene rings is 12. The zero-order valence-electron chi connectivity index (χ0n) is 53.1. The molecule has 87 heavy (non-hydrogen) atoms. The van der Waals surface area contributed by atoms with Crippen molar-refractivity contribution in [2.75, 3.05) is 9.80 Å². The van der Waals surface area contributed by atoms with Crippen LogP contribution in [0.25, 0.3) is 77.9 Å². The average molecular weight is 1120 g/mol. The SMILES string of the molecule is [2H]c1cc(-c2ccccc2)c(N2c3cc(-c4ccc(C(C)C)cc4C(C)C)ccc3B3c4ccc(-c5ccc(C(C)C)cc5C(C)C)cc4N(c4c(-c5ccccc5)cc([2H])cc4-c4ccccc4)c4cc(-c5ccccc5)cc2c43)c(-c2ccccc2)c1. The van der Waals surface area contributed by atoms with E-state index in [0.29, 0.717) is 23.9 Å². The Morgan fingerprint density at radius 2 is 0.598 bits per heavy atom. The third kappa shape index (κ3) is 9.90. The van der Waals surface area contributed by atoms with Crippen LogP contribution in [0.4, 0.5) is 34.1 Å². The first-order chi connectivity index (χ1) is 43.3. The van der Waals surface area contributed by atoms with Crippen molar-refractivity contribution in [2.24, 2.45) is 0 Å². The van der Waals surface area contributed by atoms with Gasteiger partial charge in [-0.2, -0.15) is 0 Å². The van der Waals surface area contributed by atoms with E-state index in [1.54, 1.807) is 0 Å². The highest BCUT2D eigenvalue weighted by Crippen LogP contribution is 2.54. The molecular weight excluding hydrogens is 1050 g/mol. The summed E-state index contributed by atoms with van der Waals surface area (Å²) in [5.74, 6) is 1.33. The molecular formula is C84H73BN2. The second-order valence-corrected chi connectivity index (χ2v) is 25.0. The van der Waals surface area contributed by atoms with E-state index in [1.807, 2.05) is 0 Å². The van der Waals surface area contributed by atoms with Crippen LogP contribution in [0.2, 0.25) is 0 Å². The van der Waals surface area contributed by atoms with E-state index >= 15 is 0 Å². The molecule has 2 nitrogen and oxygen atoms in total. The van der Waals surface area contributed by atoms with E-state index in [-0.39, 0.29) is 18.5 Å². The highest BCUT2D eigenvalue weighted by molar-refractivity contribution is 7.00. The highest BCUT2D eigenvalue weighted by Gasteiger charge is 2.46. The summed E-state index contributed by atoms with van der Waals surface area (Å²) in [5.41, 5.74) is 30.2. The highest BCUT2D eigenvalue weighted by atomic mass is 15.2. The van der Waals surface area contributed by atoms with Gasteiger partial charge in [-0.25, -0.2) is 0 Å². The van der Waals surface area contributed by atoms with Crippen molar-refractivity contribution in [2.45, 2.75) is 79.1 Å². The van der Waals surface area contributed by atoms with E-state index in [4.69, 9.17) is 0 Å². The number of nitrogens with zero attached hydrogens (tertiary/aromatic N) is 2. The number of anilines is 6. The summed E-state index contributed by atoms with van der Waals surface area (Å²) in [7, 11) is 0. The predicted octanol–water partition coefficient (Wildman–Crippen LogP) is 21.9. The van der Waals surface area contributed by atoms with E-state index in [9.17, 15) is 2.74 Å². The van der Waals surface area contributed by atoms with E-state index in [2.05, 4.69) is 326 Å². The summed E-state index contributed by atoms with van der Waals surface area (Å²) in [6.45, 7) is 18.2. The van der Waals surface area contributed by atoms with E-state index in [0.717, 1.165) is 101 Å². The predicted molar refractivity (Wildman–Crippen MR) is 375 cm³/mol. The van der Waals surface area contributed by atoms with Crippen LogP contribution in [0.15, 0.2) is 273 Å². The maximum Gasteiger partial charge on any atom is 0.252 e. The lowest BCUT2D eigenvalue weighted by atomic mass is 9.33. The molecule has 0 aliphatic carbocycles. The minimum atomic E-state index is -0.238. The standard InChI is InChI=1S/C84H73BN2/c1-54(2)63-40-44-68(74(48-63)56(5)6)65-42-46-76-78(50-65)86(83-70(59-28-16-10-17-29-59)36-24-37-71(83)60-30-18-11-19-31-60)80-52-67(58-26-14-9-15-27-58)53-81-82(80)85(76)77-47-43-66(69-45-41-64(55(3)4)49-75(69)57(7)8)51-79(77)87(81)84-72(61-32-20-12-21-33-61)38-25-39-73(84)62-34-22-13-23-35-62/h9-57H,1-8H3/i24D,25D. The third-order valence-corrected chi connectivity index (χ3v) is 18.2. The molecule has 0 N–H and O–H groups in total. The van der Waals surface area contributed by atoms with Gasteiger partial charge in [-0.15, -0.1) is 0 Å². The number of hydrogen-bond acceptors (Lipinski definition) is 2. The van der Waals surface area contributed by atoms with Gasteiger partial charge in [0.25, 0.3) is 6.71 Å². The first-order valence-corrected chi connectivity index (χ1v) is 31.2. The second-order valence-electron chi connectivity index (χ2n) is 25.0. The molecule has 12 aromatic carbocycles. The zero-order valence-corrected chi connectivity index (χ0v) is 51.1. The Bertz CT molecular complexity index is 4240. The lowest BCUT2D eigenvalue weighted by molar-refractivity contribution is 0.835. The van der Waals surface area contributed by atoms with Gasteiger partial charge in [0.05, 0.1) is 14.1 Å². The Morgan fingerprint density at radius 1 is 0.276 bits per heavy atom. The fourth-order valence-corrected chi connectivity index (χ4v) is 13.8. The molecule has 0 radical (unpaired) electrons. The van der Waals surface area contributed by atoms with Crippen molar-refractivity contribution in [3.8, 4) is 77.9 Å². The van der Waals surface area contributed by atoms with Gasteiger partial charge in [-0.3, -0.25) is 0 Å². The molecule has 0 spiro atoms. The lowest BCUT2D eigenvalue weighted by Gasteiger charge is -2.46. The topological polar surface area (TPSA) is 6.48 Å². The van der Waals surface area contributed by atoms with E-state index < -0.39 is 0 Å². The summed E-state index contributed by atoms with van der Waals surface area (Å²) < 4.78 is 19.4. The molecule has 14 rings (SSSR count). The maximum absolute atomic E-state index is 9.69. The van der Waals surface area contributed by atoms with Gasteiger partial charge in [0, 0.05) is 45.0 Å². The van der Waals surface area contributed by atoms with Gasteiger partial charge in [0.15, 0.2) is 0 Å². The summed E-state index contributed by atoms with van der Waals surface area (Å²) in [6, 6.07) is 96.7. The molecule has 12 aromatic rings. The first kappa shape index (κ1) is 52.8. The van der Waals surface area contributed by atoms with Crippen LogP contribution in [0.5, 0.6) is 0 Å². The second kappa shape index (κ2) is 23.0. The number of rotatable bonds is 13. The van der Waals surface area contributed by atoms with Crippen molar-refractivity contribution < 1.29 is 2.74 Å². The monoisotopic (exact) mass is 1120 g/mol. The molecule has 0 fully saturated rings. The molecule has 0 saturated heterocycles. The van der Waals surface area contributed by atoms with Crippen LogP contribution in [-0.4, -0.2) is 6.71 Å². The van der Waals surface area contributed by atoms with Gasteiger partial charge >= 0.3 is 0 Å². The first-order valence-electron chi connectivity index (χ1n) is 32.2. The van der Waals surface area contributed by atoms with Gasteiger partial charge < -0.3 is 9.80 Å². The fourth-order valence-electron chi connectivity index (χ4n) is 13.8. The van der Waals surface area contributed by atoms with Crippen molar-refractivity contribution in [1.29, 1.82) is 0 Å². The smallest absolute Gasteiger partial charge is 0.252 e. The van der Waals surface area contributed by atoms with Crippen LogP contribution in [0.1, 0.15) is 104 Å². The Balaban J connectivity index is 1.18. The van der Waals surface area contributed by atoms with Crippen molar-refractivity contribution in [3.63, 3.8) is 0 Å². The summed E-state index contributed by atoms with van der Waals surface area (Å²) in [6.07, 6.45) is 0. The molecule has 0 aromatic heterocycles. The Hall–Kier alpha value is -9.70. The molecule has 0 saturated carbocycles. The van der Waals surface area contributed by atoms with Crippen molar-refractivity contribution >= 4 is 57.2 Å². The number of para-hydroxylation sites is 2. The normalized spacial score (nSPS) is 12.8. The number of hydrogen-bond donors (Lipinski definition) is 0.